The van der Waals surface area contributed by atoms with Gasteiger partial charge in [-0.1, -0.05) is 90.4 Å². The number of pyridine rings is 1. The molecule has 0 spiro atoms. The molecule has 0 amide bonds. The van der Waals surface area contributed by atoms with Crippen molar-refractivity contribution < 1.29 is 0 Å². The van der Waals surface area contributed by atoms with Crippen LogP contribution in [0.1, 0.15) is 102 Å². The number of unbranched alkanes of at least 4 members (excludes halogenated alkanes) is 13. The highest BCUT2D eigenvalue weighted by molar-refractivity contribution is 5.09. The first-order valence-electron chi connectivity index (χ1n) is 9.82. The van der Waals surface area contributed by atoms with Crippen LogP contribution in [0, 0.1) is 0 Å². The molecule has 0 unspecified atom stereocenters. The van der Waals surface area contributed by atoms with Crippen molar-refractivity contribution in [3.8, 4) is 0 Å². The second kappa shape index (κ2) is 15.1. The van der Waals surface area contributed by atoms with E-state index in [-0.39, 0.29) is 0 Å². The molecule has 0 radical (unpaired) electrons. The number of aromatic nitrogens is 1. The molecule has 1 rings (SSSR count). The van der Waals surface area contributed by atoms with E-state index in [2.05, 4.69) is 24.0 Å². The van der Waals surface area contributed by atoms with Gasteiger partial charge in [-0.05, 0) is 30.5 Å². The lowest BCUT2D eigenvalue weighted by Gasteiger charge is -2.03. The molecule has 1 aromatic rings. The number of nitrogens with zero attached hydrogens (tertiary/aromatic N) is 1. The summed E-state index contributed by atoms with van der Waals surface area (Å²) in [6, 6.07) is 4.28. The van der Waals surface area contributed by atoms with E-state index in [1.165, 1.54) is 102 Å². The average molecular weight is 304 g/mol. The summed E-state index contributed by atoms with van der Waals surface area (Å²) in [6.07, 6.45) is 25.1. The molecule has 0 fully saturated rings. The molecule has 0 aliphatic carbocycles. The number of rotatable bonds is 15. The average Bonchev–Trinajstić information content (AvgIpc) is 2.56. The van der Waals surface area contributed by atoms with Gasteiger partial charge in [0, 0.05) is 12.4 Å². The molecule has 0 bridgehead atoms. The molecule has 1 heteroatoms. The van der Waals surface area contributed by atoms with Crippen molar-refractivity contribution in [1.29, 1.82) is 0 Å². The van der Waals surface area contributed by atoms with Gasteiger partial charge in [-0.25, -0.2) is 0 Å². The molecule has 1 heterocycles. The number of aryl methyl sites for hydroxylation is 1. The summed E-state index contributed by atoms with van der Waals surface area (Å²) >= 11 is 0. The van der Waals surface area contributed by atoms with E-state index >= 15 is 0 Å². The van der Waals surface area contributed by atoms with Crippen LogP contribution in [0.4, 0.5) is 0 Å². The fraction of sp³-hybridized carbons (Fsp3) is 0.762. The Labute approximate surface area is 138 Å². The molecule has 0 aliphatic rings. The molecular weight excluding hydrogens is 266 g/mol. The second-order valence-corrected chi connectivity index (χ2v) is 6.70. The first kappa shape index (κ1) is 19.2. The molecule has 0 saturated carbocycles. The van der Waals surface area contributed by atoms with Gasteiger partial charge in [0.05, 0.1) is 0 Å². The van der Waals surface area contributed by atoms with Crippen LogP contribution in [0.15, 0.2) is 24.5 Å². The van der Waals surface area contributed by atoms with E-state index in [9.17, 15) is 0 Å². The highest BCUT2D eigenvalue weighted by Crippen LogP contribution is 2.13. The largest absolute Gasteiger partial charge is 0.265 e. The fourth-order valence-corrected chi connectivity index (χ4v) is 3.07. The van der Waals surface area contributed by atoms with Crippen molar-refractivity contribution in [3.05, 3.63) is 30.1 Å². The minimum atomic E-state index is 1.22. The van der Waals surface area contributed by atoms with E-state index in [0.717, 1.165) is 0 Å². The predicted octanol–water partition coefficient (Wildman–Crippen LogP) is 7.11. The van der Waals surface area contributed by atoms with Crippen LogP contribution in [-0.2, 0) is 6.42 Å². The molecule has 126 valence electrons. The van der Waals surface area contributed by atoms with Gasteiger partial charge in [-0.2, -0.15) is 0 Å². The Bertz CT molecular complexity index is 320. The van der Waals surface area contributed by atoms with Crippen LogP contribution in [-0.4, -0.2) is 4.98 Å². The zero-order valence-corrected chi connectivity index (χ0v) is 14.9. The Kier molecular flexibility index (Phi) is 13.1. The van der Waals surface area contributed by atoms with Crippen LogP contribution in [0.5, 0.6) is 0 Å². The number of hydrogen-bond acceptors (Lipinski definition) is 1. The summed E-state index contributed by atoms with van der Waals surface area (Å²) in [4.78, 5) is 4.06. The zero-order chi connectivity index (χ0) is 15.7. The van der Waals surface area contributed by atoms with Gasteiger partial charge in [-0.3, -0.25) is 4.98 Å². The van der Waals surface area contributed by atoms with Gasteiger partial charge < -0.3 is 0 Å². The highest BCUT2D eigenvalue weighted by atomic mass is 14.6. The van der Waals surface area contributed by atoms with Gasteiger partial charge in [-0.15, -0.1) is 0 Å². The predicted molar refractivity (Wildman–Crippen MR) is 98.3 cm³/mol. The highest BCUT2D eigenvalue weighted by Gasteiger charge is 1.95. The van der Waals surface area contributed by atoms with E-state index in [4.69, 9.17) is 0 Å². The van der Waals surface area contributed by atoms with E-state index in [1.807, 2.05) is 12.4 Å². The van der Waals surface area contributed by atoms with Crippen molar-refractivity contribution in [3.63, 3.8) is 0 Å². The van der Waals surface area contributed by atoms with Crippen molar-refractivity contribution in [2.24, 2.45) is 0 Å². The Morgan fingerprint density at radius 2 is 1.00 bits per heavy atom. The van der Waals surface area contributed by atoms with Gasteiger partial charge in [0.15, 0.2) is 0 Å². The fourth-order valence-electron chi connectivity index (χ4n) is 3.07. The summed E-state index contributed by atoms with van der Waals surface area (Å²) in [7, 11) is 0. The molecule has 0 saturated heterocycles. The van der Waals surface area contributed by atoms with Crippen LogP contribution in [0.2, 0.25) is 0 Å². The smallest absolute Gasteiger partial charge is 0.0270 e. The first-order valence-corrected chi connectivity index (χ1v) is 9.82. The maximum absolute atomic E-state index is 4.06. The maximum atomic E-state index is 4.06. The van der Waals surface area contributed by atoms with Gasteiger partial charge in [0.2, 0.25) is 0 Å². The number of hydrogen-bond donors (Lipinski definition) is 0. The summed E-state index contributed by atoms with van der Waals surface area (Å²) in [5.41, 5.74) is 1.44. The lowest BCUT2D eigenvalue weighted by molar-refractivity contribution is 0.535. The molecule has 0 atom stereocenters. The minimum Gasteiger partial charge on any atom is -0.265 e. The Balaban J connectivity index is 1.73. The minimum absolute atomic E-state index is 1.22. The summed E-state index contributed by atoms with van der Waals surface area (Å²) in [6.45, 7) is 2.29. The van der Waals surface area contributed by atoms with Crippen LogP contribution in [0.25, 0.3) is 0 Å². The second-order valence-electron chi connectivity index (χ2n) is 6.70. The van der Waals surface area contributed by atoms with Gasteiger partial charge in [0.1, 0.15) is 0 Å². The van der Waals surface area contributed by atoms with Crippen molar-refractivity contribution >= 4 is 0 Å². The molecule has 1 nitrogen and oxygen atoms in total. The van der Waals surface area contributed by atoms with E-state index < -0.39 is 0 Å². The Morgan fingerprint density at radius 3 is 1.45 bits per heavy atom. The van der Waals surface area contributed by atoms with Crippen LogP contribution < -0.4 is 0 Å². The topological polar surface area (TPSA) is 12.9 Å². The lowest BCUT2D eigenvalue weighted by atomic mass is 10.0. The monoisotopic (exact) mass is 303 g/mol. The molecule has 0 aliphatic heterocycles. The molecular formula is C21H37N. The third kappa shape index (κ3) is 11.8. The van der Waals surface area contributed by atoms with Crippen LogP contribution in [0.3, 0.4) is 0 Å². The third-order valence-electron chi connectivity index (χ3n) is 4.57. The molecule has 0 aromatic carbocycles. The van der Waals surface area contributed by atoms with Crippen LogP contribution >= 0.6 is 0 Å². The molecule has 22 heavy (non-hydrogen) atoms. The van der Waals surface area contributed by atoms with E-state index in [0.29, 0.717) is 0 Å². The Morgan fingerprint density at radius 1 is 0.591 bits per heavy atom. The van der Waals surface area contributed by atoms with E-state index in [1.54, 1.807) is 0 Å². The SMILES string of the molecule is CCCCCCCCCCCCCCCCc1ccncc1. The first-order chi connectivity index (χ1) is 10.9. The Hall–Kier alpha value is -0.850. The lowest BCUT2D eigenvalue weighted by Crippen LogP contribution is -1.87. The summed E-state index contributed by atoms with van der Waals surface area (Å²) in [5.74, 6) is 0. The third-order valence-corrected chi connectivity index (χ3v) is 4.57. The van der Waals surface area contributed by atoms with Gasteiger partial charge >= 0.3 is 0 Å². The maximum Gasteiger partial charge on any atom is 0.0270 e. The summed E-state index contributed by atoms with van der Waals surface area (Å²) < 4.78 is 0. The van der Waals surface area contributed by atoms with Crippen molar-refractivity contribution in [2.45, 2.75) is 103 Å². The quantitative estimate of drug-likeness (QED) is 0.315. The van der Waals surface area contributed by atoms with Crippen molar-refractivity contribution in [1.82, 2.24) is 4.98 Å². The molecule has 1 aromatic heterocycles. The van der Waals surface area contributed by atoms with Crippen molar-refractivity contribution in [2.75, 3.05) is 0 Å². The normalized spacial score (nSPS) is 11.0. The summed E-state index contributed by atoms with van der Waals surface area (Å²) in [5, 5.41) is 0. The molecule has 0 N–H and O–H groups in total. The zero-order valence-electron chi connectivity index (χ0n) is 14.9. The standard InChI is InChI=1S/C21H37N/c1-2-3-4-5-6-7-8-9-10-11-12-13-14-15-16-21-17-19-22-20-18-21/h17-20H,2-16H2,1H3. The van der Waals surface area contributed by atoms with Gasteiger partial charge in [0.25, 0.3) is 0 Å².